The number of nitrogens with zero attached hydrogens (tertiary/aromatic N) is 4. The van der Waals surface area contributed by atoms with Gasteiger partial charge in [0.05, 0.1) is 31.2 Å². The maximum absolute atomic E-state index is 13.6. The Morgan fingerprint density at radius 1 is 1.31 bits per heavy atom. The van der Waals surface area contributed by atoms with Gasteiger partial charge in [-0.3, -0.25) is 9.32 Å². The molecule has 2 aliphatic rings. The molecule has 1 saturated heterocycles. The fraction of sp³-hybridized carbons (Fsp3) is 0.478. The molecule has 3 heterocycles. The average Bonchev–Trinajstić information content (AvgIpc) is 3.17. The maximum Gasteiger partial charge on any atom is 0.459 e. The molecule has 1 aliphatic carbocycles. The smallest absolute Gasteiger partial charge is 0.459 e. The minimum atomic E-state index is -3.90. The van der Waals surface area contributed by atoms with Gasteiger partial charge in [-0.2, -0.15) is 10.2 Å². The first-order valence-corrected chi connectivity index (χ1v) is 13.4. The van der Waals surface area contributed by atoms with Gasteiger partial charge in [0.2, 0.25) is 0 Å². The summed E-state index contributed by atoms with van der Waals surface area (Å²) in [6.45, 7) is 5.70. The van der Waals surface area contributed by atoms with Crippen molar-refractivity contribution in [2.75, 3.05) is 18.9 Å². The van der Waals surface area contributed by atoms with Crippen LogP contribution in [0.4, 0.5) is 5.82 Å². The third kappa shape index (κ3) is 4.69. The number of nitrogen functional groups attached to an aromatic ring is 1. The molecule has 7 atom stereocenters. The van der Waals surface area contributed by atoms with Crippen molar-refractivity contribution < 1.29 is 27.9 Å². The quantitative estimate of drug-likeness (QED) is 0.302. The summed E-state index contributed by atoms with van der Waals surface area (Å²) < 4.78 is 38.2. The van der Waals surface area contributed by atoms with Crippen molar-refractivity contribution in [3.05, 3.63) is 48.5 Å². The Bertz CT molecular complexity index is 1290. The summed E-state index contributed by atoms with van der Waals surface area (Å²) >= 11 is 0. The SMILES string of the molecule is CCOC(=O)C(C)NP(=O)(OCC1C2OC(c3cnc4c(N)ncnn34)C(C)C12)Oc1ccccc1. The number of anilines is 1. The van der Waals surface area contributed by atoms with E-state index in [1.807, 2.05) is 6.07 Å². The van der Waals surface area contributed by atoms with E-state index >= 15 is 0 Å². The highest BCUT2D eigenvalue weighted by atomic mass is 31.2. The van der Waals surface area contributed by atoms with Crippen LogP contribution in [0.5, 0.6) is 5.75 Å². The summed E-state index contributed by atoms with van der Waals surface area (Å²) in [5.41, 5.74) is 7.20. The van der Waals surface area contributed by atoms with Crippen LogP contribution in [0.2, 0.25) is 0 Å². The standard InChI is InChI=1S/C23H29N6O6P/c1-4-32-23(30)14(3)28-36(31,35-15-8-6-5-7-9-15)33-11-16-18-13(2)19(34-20(16)18)17-10-25-22-21(24)26-12-27-29(17)22/h5-10,12-14,16,18-20H,4,11H2,1-3H3,(H,28,31)(H2,24,26,27). The van der Waals surface area contributed by atoms with Crippen LogP contribution in [-0.2, 0) is 23.4 Å². The molecule has 0 amide bonds. The predicted molar refractivity (Wildman–Crippen MR) is 129 cm³/mol. The predicted octanol–water partition coefficient (Wildman–Crippen LogP) is 2.77. The van der Waals surface area contributed by atoms with Gasteiger partial charge in [-0.15, -0.1) is 0 Å². The van der Waals surface area contributed by atoms with E-state index in [2.05, 4.69) is 27.1 Å². The minimum Gasteiger partial charge on any atom is -0.465 e. The molecule has 0 bridgehead atoms. The van der Waals surface area contributed by atoms with Gasteiger partial charge in [0.15, 0.2) is 11.5 Å². The molecule has 192 valence electrons. The number of nitrogens with one attached hydrogen (secondary N) is 1. The zero-order valence-corrected chi connectivity index (χ0v) is 21.1. The summed E-state index contributed by atoms with van der Waals surface area (Å²) in [6, 6.07) is 7.78. The molecule has 0 radical (unpaired) electrons. The molecule has 12 nitrogen and oxygen atoms in total. The molecule has 1 aliphatic heterocycles. The van der Waals surface area contributed by atoms with Gasteiger partial charge in [0.25, 0.3) is 0 Å². The molecule has 3 N–H and O–H groups in total. The van der Waals surface area contributed by atoms with Crippen LogP contribution in [0.15, 0.2) is 42.9 Å². The van der Waals surface area contributed by atoms with Crippen LogP contribution in [-0.4, -0.2) is 50.9 Å². The number of hydrogen-bond acceptors (Lipinski definition) is 10. The third-order valence-corrected chi connectivity index (χ3v) is 8.23. The number of carbonyl (C=O) groups excluding carboxylic acids is 1. The summed E-state index contributed by atoms with van der Waals surface area (Å²) in [5, 5.41) is 6.96. The Kier molecular flexibility index (Phi) is 6.69. The molecule has 1 aromatic carbocycles. The lowest BCUT2D eigenvalue weighted by Crippen LogP contribution is -2.35. The molecule has 0 spiro atoms. The minimum absolute atomic E-state index is 0.0301. The van der Waals surface area contributed by atoms with Gasteiger partial charge in [0, 0.05) is 5.92 Å². The van der Waals surface area contributed by atoms with E-state index in [0.717, 1.165) is 5.69 Å². The van der Waals surface area contributed by atoms with Gasteiger partial charge in [-0.25, -0.2) is 19.0 Å². The van der Waals surface area contributed by atoms with Crippen molar-refractivity contribution in [3.8, 4) is 5.75 Å². The highest BCUT2D eigenvalue weighted by molar-refractivity contribution is 7.52. The Morgan fingerprint density at radius 2 is 2.08 bits per heavy atom. The Hall–Kier alpha value is -3.05. The number of rotatable bonds is 10. The topological polar surface area (TPSA) is 152 Å². The van der Waals surface area contributed by atoms with Crippen molar-refractivity contribution in [3.63, 3.8) is 0 Å². The number of esters is 1. The lowest BCUT2D eigenvalue weighted by atomic mass is 9.97. The van der Waals surface area contributed by atoms with E-state index in [9.17, 15) is 9.36 Å². The number of aromatic nitrogens is 4. The van der Waals surface area contributed by atoms with Gasteiger partial charge in [0.1, 0.15) is 24.2 Å². The van der Waals surface area contributed by atoms with Crippen molar-refractivity contribution in [1.82, 2.24) is 24.7 Å². The lowest BCUT2D eigenvalue weighted by Gasteiger charge is -2.24. The molecule has 7 unspecified atom stereocenters. The molecule has 13 heteroatoms. The number of hydrogen-bond donors (Lipinski definition) is 2. The van der Waals surface area contributed by atoms with E-state index in [4.69, 9.17) is 24.3 Å². The van der Waals surface area contributed by atoms with Crippen LogP contribution in [0.1, 0.15) is 32.6 Å². The average molecular weight is 516 g/mol. The number of para-hydroxylation sites is 1. The van der Waals surface area contributed by atoms with Gasteiger partial charge in [-0.1, -0.05) is 25.1 Å². The highest BCUT2D eigenvalue weighted by Crippen LogP contribution is 2.60. The Labute approximate surface area is 208 Å². The zero-order valence-electron chi connectivity index (χ0n) is 20.2. The van der Waals surface area contributed by atoms with Gasteiger partial charge >= 0.3 is 13.7 Å². The number of nitrogens with two attached hydrogens (primary N) is 1. The van der Waals surface area contributed by atoms with Crippen molar-refractivity contribution in [2.45, 2.75) is 39.0 Å². The first-order valence-electron chi connectivity index (χ1n) is 11.8. The number of carbonyl (C=O) groups is 1. The molecule has 2 aromatic heterocycles. The second kappa shape index (κ2) is 9.78. The maximum atomic E-state index is 13.6. The number of fused-ring (bicyclic) bond motifs is 2. The Balaban J connectivity index is 1.25. The van der Waals surface area contributed by atoms with E-state index < -0.39 is 19.8 Å². The van der Waals surface area contributed by atoms with Crippen molar-refractivity contribution >= 4 is 25.2 Å². The van der Waals surface area contributed by atoms with Crippen LogP contribution < -0.4 is 15.3 Å². The number of benzene rings is 1. The normalized spacial score (nSPS) is 27.2. The van der Waals surface area contributed by atoms with E-state index in [1.54, 1.807) is 48.8 Å². The molecule has 1 saturated carbocycles. The molecule has 36 heavy (non-hydrogen) atoms. The first kappa shape index (κ1) is 24.6. The van der Waals surface area contributed by atoms with Gasteiger partial charge < -0.3 is 19.7 Å². The van der Waals surface area contributed by atoms with E-state index in [0.29, 0.717) is 17.2 Å². The molecular formula is C23H29N6O6P. The largest absolute Gasteiger partial charge is 0.465 e. The second-order valence-corrected chi connectivity index (χ2v) is 10.7. The lowest BCUT2D eigenvalue weighted by molar-refractivity contribution is -0.144. The fourth-order valence-corrected chi connectivity index (χ4v) is 6.31. The molecule has 5 rings (SSSR count). The first-order chi connectivity index (χ1) is 17.3. The second-order valence-electron chi connectivity index (χ2n) is 8.99. The summed E-state index contributed by atoms with van der Waals surface area (Å²) in [6.07, 6.45) is 2.82. The Morgan fingerprint density at radius 3 is 2.78 bits per heavy atom. The zero-order chi connectivity index (χ0) is 25.4. The molecule has 2 fully saturated rings. The third-order valence-electron chi connectivity index (χ3n) is 6.59. The van der Waals surface area contributed by atoms with Crippen LogP contribution >= 0.6 is 7.75 Å². The van der Waals surface area contributed by atoms with Crippen LogP contribution in [0.25, 0.3) is 5.65 Å². The number of ether oxygens (including phenoxy) is 2. The number of imidazole rings is 1. The van der Waals surface area contributed by atoms with Crippen molar-refractivity contribution in [1.29, 1.82) is 0 Å². The van der Waals surface area contributed by atoms with E-state index in [-0.39, 0.29) is 43.2 Å². The summed E-state index contributed by atoms with van der Waals surface area (Å²) in [7, 11) is -3.90. The molecule has 3 aromatic rings. The van der Waals surface area contributed by atoms with Gasteiger partial charge in [-0.05, 0) is 37.8 Å². The van der Waals surface area contributed by atoms with Crippen LogP contribution in [0.3, 0.4) is 0 Å². The monoisotopic (exact) mass is 516 g/mol. The molecular weight excluding hydrogens is 487 g/mol. The van der Waals surface area contributed by atoms with Crippen LogP contribution in [0, 0.1) is 17.8 Å². The summed E-state index contributed by atoms with van der Waals surface area (Å²) in [5.74, 6) is 0.491. The van der Waals surface area contributed by atoms with Crippen molar-refractivity contribution in [2.24, 2.45) is 17.8 Å². The fourth-order valence-electron chi connectivity index (χ4n) is 4.79. The highest BCUT2D eigenvalue weighted by Gasteiger charge is 2.63. The van der Waals surface area contributed by atoms with E-state index in [1.165, 1.54) is 6.33 Å². The summed E-state index contributed by atoms with van der Waals surface area (Å²) in [4.78, 5) is 20.4.